The highest BCUT2D eigenvalue weighted by Crippen LogP contribution is 2.49. The maximum Gasteiger partial charge on any atom is 0.329 e. The summed E-state index contributed by atoms with van der Waals surface area (Å²) in [5, 5.41) is 9.79. The Hall–Kier alpha value is -2.97. The van der Waals surface area contributed by atoms with Gasteiger partial charge >= 0.3 is 11.7 Å². The molecule has 1 amide bonds. The van der Waals surface area contributed by atoms with Crippen LogP contribution in [0.15, 0.2) is 21.9 Å². The van der Waals surface area contributed by atoms with Crippen LogP contribution in [-0.2, 0) is 11.8 Å². The molecule has 9 heteroatoms. The molecule has 3 heterocycles. The van der Waals surface area contributed by atoms with Crippen LogP contribution in [0.2, 0.25) is 0 Å². The lowest BCUT2D eigenvalue weighted by Crippen LogP contribution is -2.37. The molecule has 1 aliphatic heterocycles. The minimum atomic E-state index is -0.860. The molecule has 2 aromatic heterocycles. The Labute approximate surface area is 147 Å². The van der Waals surface area contributed by atoms with E-state index in [9.17, 15) is 24.3 Å². The Morgan fingerprint density at radius 1 is 1.38 bits per heavy atom. The Kier molecular flexibility index (Phi) is 3.50. The molecule has 2 atom stereocenters. The first-order valence-electron chi connectivity index (χ1n) is 8.45. The van der Waals surface area contributed by atoms with E-state index in [1.165, 1.54) is 28.8 Å². The van der Waals surface area contributed by atoms with Gasteiger partial charge in [0.05, 0.1) is 16.4 Å². The minimum absolute atomic E-state index is 0.0402. The highest BCUT2D eigenvalue weighted by atomic mass is 16.4. The standard InChI is InChI=1S/C17H18N4O5/c1-20-12-11(13(22)19-16(20)26)5-9(6-18-12)14(23)21-7-10-3-2-4-17(10,8-21)15(24)25/h5-6,10H,2-4,7-8H2,1H3,(H,24,25)(H,19,22,26)/t10-,17+/m0/s1. The predicted octanol–water partition coefficient (Wildman–Crippen LogP) is -0.0513. The van der Waals surface area contributed by atoms with E-state index >= 15 is 0 Å². The van der Waals surface area contributed by atoms with Gasteiger partial charge in [-0.1, -0.05) is 6.42 Å². The van der Waals surface area contributed by atoms with Crippen molar-refractivity contribution >= 4 is 22.9 Å². The minimum Gasteiger partial charge on any atom is -0.481 e. The van der Waals surface area contributed by atoms with E-state index in [-0.39, 0.29) is 35.0 Å². The zero-order valence-corrected chi connectivity index (χ0v) is 14.2. The number of aliphatic carboxylic acids is 1. The van der Waals surface area contributed by atoms with Crippen LogP contribution in [-0.4, -0.2) is 49.5 Å². The smallest absolute Gasteiger partial charge is 0.329 e. The molecule has 0 bridgehead atoms. The van der Waals surface area contributed by atoms with Crippen LogP contribution >= 0.6 is 0 Å². The van der Waals surface area contributed by atoms with Crippen LogP contribution in [0.1, 0.15) is 29.6 Å². The van der Waals surface area contributed by atoms with Crippen LogP contribution in [0.3, 0.4) is 0 Å². The summed E-state index contributed by atoms with van der Waals surface area (Å²) in [6.45, 7) is 0.570. The van der Waals surface area contributed by atoms with E-state index in [1.807, 2.05) is 0 Å². The zero-order chi connectivity index (χ0) is 18.6. The topological polar surface area (TPSA) is 125 Å². The summed E-state index contributed by atoms with van der Waals surface area (Å²) in [7, 11) is 1.48. The number of amides is 1. The summed E-state index contributed by atoms with van der Waals surface area (Å²) in [5.41, 5.74) is -1.64. The van der Waals surface area contributed by atoms with Gasteiger partial charge in [-0.15, -0.1) is 0 Å². The first kappa shape index (κ1) is 16.5. The number of aromatic amines is 1. The number of carbonyl (C=O) groups is 2. The van der Waals surface area contributed by atoms with Crippen molar-refractivity contribution in [3.63, 3.8) is 0 Å². The lowest BCUT2D eigenvalue weighted by Gasteiger charge is -2.23. The first-order valence-corrected chi connectivity index (χ1v) is 8.45. The average molecular weight is 358 g/mol. The van der Waals surface area contributed by atoms with Crippen molar-refractivity contribution in [2.75, 3.05) is 13.1 Å². The average Bonchev–Trinajstić information content (AvgIpc) is 3.17. The molecule has 9 nitrogen and oxygen atoms in total. The summed E-state index contributed by atoms with van der Waals surface area (Å²) in [6.07, 6.45) is 3.56. The van der Waals surface area contributed by atoms with Crippen molar-refractivity contribution < 1.29 is 14.7 Å². The van der Waals surface area contributed by atoms with Gasteiger partial charge in [0.15, 0.2) is 0 Å². The monoisotopic (exact) mass is 358 g/mol. The van der Waals surface area contributed by atoms with Gasteiger partial charge in [-0.2, -0.15) is 0 Å². The molecule has 0 spiro atoms. The van der Waals surface area contributed by atoms with Crippen LogP contribution < -0.4 is 11.2 Å². The third kappa shape index (κ3) is 2.19. The number of aryl methyl sites for hydroxylation is 1. The van der Waals surface area contributed by atoms with Crippen molar-refractivity contribution in [2.45, 2.75) is 19.3 Å². The Morgan fingerprint density at radius 2 is 2.15 bits per heavy atom. The van der Waals surface area contributed by atoms with E-state index in [2.05, 4.69) is 9.97 Å². The largest absolute Gasteiger partial charge is 0.481 e. The number of pyridine rings is 1. The molecule has 0 aromatic carbocycles. The quantitative estimate of drug-likeness (QED) is 0.775. The Morgan fingerprint density at radius 3 is 2.85 bits per heavy atom. The number of H-pyrrole nitrogens is 1. The Balaban J connectivity index is 1.71. The number of hydrogen-bond acceptors (Lipinski definition) is 5. The highest BCUT2D eigenvalue weighted by molar-refractivity contribution is 5.97. The fraction of sp³-hybridized carbons (Fsp3) is 0.471. The van der Waals surface area contributed by atoms with Gasteiger partial charge in [-0.3, -0.25) is 23.9 Å². The van der Waals surface area contributed by atoms with E-state index in [1.54, 1.807) is 0 Å². The normalized spacial score (nSPS) is 24.8. The van der Waals surface area contributed by atoms with Crippen molar-refractivity contribution in [3.05, 3.63) is 38.7 Å². The number of nitrogens with one attached hydrogen (secondary N) is 1. The molecular formula is C17H18N4O5. The number of carboxylic acid groups (broad SMARTS) is 1. The van der Waals surface area contributed by atoms with Gasteiger partial charge < -0.3 is 10.0 Å². The number of likely N-dealkylation sites (tertiary alicyclic amines) is 1. The van der Waals surface area contributed by atoms with Crippen molar-refractivity contribution in [3.8, 4) is 0 Å². The van der Waals surface area contributed by atoms with E-state index < -0.39 is 22.6 Å². The first-order chi connectivity index (χ1) is 12.3. The third-order valence-electron chi connectivity index (χ3n) is 5.78. The number of rotatable bonds is 2. The molecule has 0 radical (unpaired) electrons. The second-order valence-corrected chi connectivity index (χ2v) is 7.15. The molecule has 1 saturated heterocycles. The van der Waals surface area contributed by atoms with E-state index in [0.29, 0.717) is 13.0 Å². The van der Waals surface area contributed by atoms with E-state index in [4.69, 9.17) is 0 Å². The summed E-state index contributed by atoms with van der Waals surface area (Å²) in [5.74, 6) is -1.23. The molecule has 26 heavy (non-hydrogen) atoms. The summed E-state index contributed by atoms with van der Waals surface area (Å²) >= 11 is 0. The Bertz CT molecular complexity index is 1060. The molecular weight excluding hydrogens is 340 g/mol. The SMILES string of the molecule is Cn1c(=O)[nH]c(=O)c2cc(C(=O)N3C[C@@H]4CCC[C@@]4(C(=O)O)C3)cnc21. The third-order valence-corrected chi connectivity index (χ3v) is 5.78. The van der Waals surface area contributed by atoms with Crippen LogP contribution in [0.25, 0.3) is 11.0 Å². The van der Waals surface area contributed by atoms with Gasteiger partial charge in [0.1, 0.15) is 5.65 Å². The fourth-order valence-corrected chi connectivity index (χ4v) is 4.33. The van der Waals surface area contributed by atoms with E-state index in [0.717, 1.165) is 12.8 Å². The number of fused-ring (bicyclic) bond motifs is 2. The zero-order valence-electron chi connectivity index (χ0n) is 14.2. The van der Waals surface area contributed by atoms with Gasteiger partial charge in [-0.25, -0.2) is 9.78 Å². The number of carbonyl (C=O) groups excluding carboxylic acids is 1. The summed E-state index contributed by atoms with van der Waals surface area (Å²) < 4.78 is 1.20. The lowest BCUT2D eigenvalue weighted by molar-refractivity contribution is -0.149. The fourth-order valence-electron chi connectivity index (χ4n) is 4.33. The predicted molar refractivity (Wildman–Crippen MR) is 90.9 cm³/mol. The highest BCUT2D eigenvalue weighted by Gasteiger charge is 2.55. The molecule has 1 aliphatic carbocycles. The molecule has 2 aromatic rings. The van der Waals surface area contributed by atoms with Crippen molar-refractivity contribution in [1.29, 1.82) is 0 Å². The van der Waals surface area contributed by atoms with Crippen molar-refractivity contribution in [1.82, 2.24) is 19.4 Å². The lowest BCUT2D eigenvalue weighted by atomic mass is 9.81. The number of hydrogen-bond donors (Lipinski definition) is 2. The van der Waals surface area contributed by atoms with Crippen molar-refractivity contribution in [2.24, 2.45) is 18.4 Å². The second-order valence-electron chi connectivity index (χ2n) is 7.15. The van der Waals surface area contributed by atoms with Crippen LogP contribution in [0.4, 0.5) is 0 Å². The van der Waals surface area contributed by atoms with Crippen LogP contribution in [0.5, 0.6) is 0 Å². The molecule has 1 saturated carbocycles. The van der Waals surface area contributed by atoms with Gasteiger partial charge in [0, 0.05) is 26.3 Å². The van der Waals surface area contributed by atoms with Gasteiger partial charge in [0.2, 0.25) is 0 Å². The summed E-state index contributed by atoms with van der Waals surface area (Å²) in [4.78, 5) is 56.1. The number of aromatic nitrogens is 3. The molecule has 2 aliphatic rings. The van der Waals surface area contributed by atoms with Gasteiger partial charge in [0.25, 0.3) is 11.5 Å². The maximum atomic E-state index is 12.9. The molecule has 4 rings (SSSR count). The molecule has 136 valence electrons. The molecule has 2 N–H and O–H groups in total. The van der Waals surface area contributed by atoms with Gasteiger partial charge in [-0.05, 0) is 24.8 Å². The molecule has 2 fully saturated rings. The molecule has 0 unspecified atom stereocenters. The van der Waals surface area contributed by atoms with Crippen LogP contribution in [0, 0.1) is 11.3 Å². The maximum absolute atomic E-state index is 12.9. The number of nitrogens with zero attached hydrogens (tertiary/aromatic N) is 3. The second kappa shape index (κ2) is 5.52. The summed E-state index contributed by atoms with van der Waals surface area (Å²) in [6, 6.07) is 1.41. The number of carboxylic acids is 1.